The number of ether oxygens (including phenoxy) is 1. The molecule has 2 saturated heterocycles. The van der Waals surface area contributed by atoms with E-state index in [0.29, 0.717) is 0 Å². The van der Waals surface area contributed by atoms with E-state index in [-0.39, 0.29) is 24.0 Å². The van der Waals surface area contributed by atoms with E-state index in [1.165, 1.54) is 0 Å². The van der Waals surface area contributed by atoms with E-state index in [1.54, 1.807) is 0 Å². The van der Waals surface area contributed by atoms with Crippen molar-refractivity contribution in [2.24, 2.45) is 5.92 Å². The minimum absolute atomic E-state index is 0.100. The predicted octanol–water partition coefficient (Wildman–Crippen LogP) is 1.50. The quantitative estimate of drug-likeness (QED) is 0.811. The molecule has 0 bridgehead atoms. The zero-order chi connectivity index (χ0) is 16.2. The number of carbonyl (C=O) groups excluding carboxylic acids is 2. The first-order valence-electron chi connectivity index (χ1n) is 8.34. The summed E-state index contributed by atoms with van der Waals surface area (Å²) in [5.74, 6) is 0.395. The fraction of sp³-hybridized carbons (Fsp3) is 0.875. The summed E-state index contributed by atoms with van der Waals surface area (Å²) in [6.07, 6.45) is 3.29. The molecule has 2 heterocycles. The zero-order valence-corrected chi connectivity index (χ0v) is 14.0. The number of hydrogen-bond acceptors (Lipinski definition) is 4. The molecular formula is C16H29N3O3. The zero-order valence-electron chi connectivity index (χ0n) is 14.0. The van der Waals surface area contributed by atoms with Crippen LogP contribution >= 0.6 is 0 Å². The normalized spacial score (nSPS) is 24.0. The highest BCUT2D eigenvalue weighted by Crippen LogP contribution is 2.18. The van der Waals surface area contributed by atoms with Gasteiger partial charge < -0.3 is 20.3 Å². The molecule has 2 rings (SSSR count). The van der Waals surface area contributed by atoms with Crippen LogP contribution < -0.4 is 10.6 Å². The van der Waals surface area contributed by atoms with Gasteiger partial charge in [-0.05, 0) is 53.0 Å². The van der Waals surface area contributed by atoms with Crippen molar-refractivity contribution >= 4 is 12.0 Å². The third-order valence-corrected chi connectivity index (χ3v) is 4.17. The summed E-state index contributed by atoms with van der Waals surface area (Å²) < 4.78 is 5.27. The molecule has 2 amide bonds. The number of piperidine rings is 2. The van der Waals surface area contributed by atoms with Crippen LogP contribution in [0.1, 0.15) is 46.5 Å². The first-order chi connectivity index (χ1) is 10.3. The van der Waals surface area contributed by atoms with E-state index < -0.39 is 5.60 Å². The fourth-order valence-electron chi connectivity index (χ4n) is 3.04. The molecule has 0 radical (unpaired) electrons. The van der Waals surface area contributed by atoms with Crippen LogP contribution in [-0.2, 0) is 9.53 Å². The smallest absolute Gasteiger partial charge is 0.407 e. The van der Waals surface area contributed by atoms with Crippen molar-refractivity contribution in [2.45, 2.75) is 58.1 Å². The molecule has 0 unspecified atom stereocenters. The Balaban J connectivity index is 1.73. The van der Waals surface area contributed by atoms with Crippen molar-refractivity contribution < 1.29 is 14.3 Å². The molecule has 0 aliphatic carbocycles. The second kappa shape index (κ2) is 7.31. The van der Waals surface area contributed by atoms with Gasteiger partial charge in [-0.3, -0.25) is 4.79 Å². The van der Waals surface area contributed by atoms with E-state index in [1.807, 2.05) is 25.7 Å². The van der Waals surface area contributed by atoms with E-state index in [4.69, 9.17) is 4.74 Å². The summed E-state index contributed by atoms with van der Waals surface area (Å²) >= 11 is 0. The van der Waals surface area contributed by atoms with Gasteiger partial charge in [0.1, 0.15) is 5.60 Å². The minimum atomic E-state index is -0.477. The summed E-state index contributed by atoms with van der Waals surface area (Å²) in [6.45, 7) is 8.82. The molecule has 2 N–H and O–H groups in total. The topological polar surface area (TPSA) is 70.7 Å². The van der Waals surface area contributed by atoms with Gasteiger partial charge in [0.25, 0.3) is 0 Å². The summed E-state index contributed by atoms with van der Waals surface area (Å²) in [5.41, 5.74) is -0.477. The van der Waals surface area contributed by atoms with Crippen LogP contribution in [0.25, 0.3) is 0 Å². The standard InChI is InChI=1S/C16H29N3O3/c1-16(2,3)22-15(21)18-13-6-9-19(10-7-13)14(20)12-5-4-8-17-11-12/h12-13,17H,4-11H2,1-3H3,(H,18,21)/t12-/m0/s1. The summed E-state index contributed by atoms with van der Waals surface area (Å²) in [7, 11) is 0. The van der Waals surface area contributed by atoms with Crippen molar-refractivity contribution in [3.05, 3.63) is 0 Å². The molecule has 2 fully saturated rings. The maximum atomic E-state index is 12.4. The highest BCUT2D eigenvalue weighted by Gasteiger charge is 2.30. The molecule has 126 valence electrons. The average molecular weight is 311 g/mol. The summed E-state index contributed by atoms with van der Waals surface area (Å²) in [4.78, 5) is 26.2. The summed E-state index contributed by atoms with van der Waals surface area (Å²) in [6, 6.07) is 0.100. The number of likely N-dealkylation sites (tertiary alicyclic amines) is 1. The molecule has 2 aliphatic rings. The SMILES string of the molecule is CC(C)(C)OC(=O)NC1CCN(C(=O)[C@H]2CCCNC2)CC1. The number of hydrogen-bond donors (Lipinski definition) is 2. The van der Waals surface area contributed by atoms with E-state index in [9.17, 15) is 9.59 Å². The third kappa shape index (κ3) is 5.16. The van der Waals surface area contributed by atoms with Crippen LogP contribution in [-0.4, -0.2) is 54.7 Å². The third-order valence-electron chi connectivity index (χ3n) is 4.17. The molecule has 0 aromatic carbocycles. The Kier molecular flexibility index (Phi) is 5.67. The average Bonchev–Trinajstić information content (AvgIpc) is 2.46. The lowest BCUT2D eigenvalue weighted by Gasteiger charge is -2.35. The van der Waals surface area contributed by atoms with Crippen LogP contribution in [0.3, 0.4) is 0 Å². The van der Waals surface area contributed by atoms with Crippen molar-refractivity contribution in [1.29, 1.82) is 0 Å². The Hall–Kier alpha value is -1.30. The van der Waals surface area contributed by atoms with Gasteiger partial charge in [0.2, 0.25) is 5.91 Å². The first-order valence-corrected chi connectivity index (χ1v) is 8.34. The number of rotatable bonds is 2. The molecule has 0 aromatic heterocycles. The first kappa shape index (κ1) is 17.1. The number of amides is 2. The predicted molar refractivity (Wildman–Crippen MR) is 84.6 cm³/mol. The number of nitrogens with one attached hydrogen (secondary N) is 2. The van der Waals surface area contributed by atoms with Gasteiger partial charge in [-0.1, -0.05) is 0 Å². The van der Waals surface area contributed by atoms with Gasteiger partial charge in [-0.2, -0.15) is 0 Å². The lowest BCUT2D eigenvalue weighted by atomic mass is 9.96. The van der Waals surface area contributed by atoms with Crippen LogP contribution in [0.2, 0.25) is 0 Å². The molecule has 0 aromatic rings. The molecule has 22 heavy (non-hydrogen) atoms. The van der Waals surface area contributed by atoms with Gasteiger partial charge in [-0.25, -0.2) is 4.79 Å². The number of alkyl carbamates (subject to hydrolysis) is 1. The molecule has 0 saturated carbocycles. The van der Waals surface area contributed by atoms with Crippen LogP contribution in [0, 0.1) is 5.92 Å². The number of nitrogens with zero attached hydrogens (tertiary/aromatic N) is 1. The largest absolute Gasteiger partial charge is 0.444 e. The molecule has 1 atom stereocenters. The van der Waals surface area contributed by atoms with Crippen LogP contribution in [0.5, 0.6) is 0 Å². The lowest BCUT2D eigenvalue weighted by Crippen LogP contribution is -2.50. The Labute approximate surface area is 132 Å². The molecule has 6 nitrogen and oxygen atoms in total. The summed E-state index contributed by atoms with van der Waals surface area (Å²) in [5, 5.41) is 6.19. The lowest BCUT2D eigenvalue weighted by molar-refractivity contribution is -0.137. The molecule has 0 spiro atoms. The van der Waals surface area contributed by atoms with Gasteiger partial charge in [-0.15, -0.1) is 0 Å². The fourth-order valence-corrected chi connectivity index (χ4v) is 3.04. The second-order valence-corrected chi connectivity index (χ2v) is 7.29. The maximum Gasteiger partial charge on any atom is 0.407 e. The van der Waals surface area contributed by atoms with Crippen molar-refractivity contribution in [3.8, 4) is 0 Å². The van der Waals surface area contributed by atoms with E-state index >= 15 is 0 Å². The van der Waals surface area contributed by atoms with Crippen molar-refractivity contribution in [2.75, 3.05) is 26.2 Å². The van der Waals surface area contributed by atoms with Gasteiger partial charge in [0, 0.05) is 25.7 Å². The minimum Gasteiger partial charge on any atom is -0.444 e. The second-order valence-electron chi connectivity index (χ2n) is 7.29. The maximum absolute atomic E-state index is 12.4. The molecule has 2 aliphatic heterocycles. The van der Waals surface area contributed by atoms with Gasteiger partial charge in [0.15, 0.2) is 0 Å². The van der Waals surface area contributed by atoms with Crippen molar-refractivity contribution in [3.63, 3.8) is 0 Å². The molecular weight excluding hydrogens is 282 g/mol. The highest BCUT2D eigenvalue weighted by atomic mass is 16.6. The Bertz CT molecular complexity index is 392. The van der Waals surface area contributed by atoms with Crippen molar-refractivity contribution in [1.82, 2.24) is 15.5 Å². The van der Waals surface area contributed by atoms with E-state index in [0.717, 1.165) is 51.9 Å². The van der Waals surface area contributed by atoms with E-state index in [2.05, 4.69) is 10.6 Å². The van der Waals surface area contributed by atoms with Crippen LogP contribution in [0.4, 0.5) is 4.79 Å². The van der Waals surface area contributed by atoms with Crippen LogP contribution in [0.15, 0.2) is 0 Å². The Morgan fingerprint density at radius 3 is 2.41 bits per heavy atom. The highest BCUT2D eigenvalue weighted by molar-refractivity contribution is 5.79. The van der Waals surface area contributed by atoms with Gasteiger partial charge >= 0.3 is 6.09 Å². The Morgan fingerprint density at radius 2 is 1.86 bits per heavy atom. The monoisotopic (exact) mass is 311 g/mol. The Morgan fingerprint density at radius 1 is 1.18 bits per heavy atom. The molecule has 6 heteroatoms. The van der Waals surface area contributed by atoms with Gasteiger partial charge in [0.05, 0.1) is 5.92 Å². The number of carbonyl (C=O) groups is 2.